The van der Waals surface area contributed by atoms with Crippen molar-refractivity contribution in [2.24, 2.45) is 5.92 Å². The molecule has 2 unspecified atom stereocenters. The summed E-state index contributed by atoms with van der Waals surface area (Å²) in [5.41, 5.74) is 1.02. The largest absolute Gasteiger partial charge is 0.381 e. The first-order valence-corrected chi connectivity index (χ1v) is 7.49. The molecule has 1 fully saturated rings. The summed E-state index contributed by atoms with van der Waals surface area (Å²) in [6, 6.07) is 2.43. The van der Waals surface area contributed by atoms with Gasteiger partial charge < -0.3 is 10.2 Å². The number of pyridine rings is 1. The molecule has 0 bridgehead atoms. The van der Waals surface area contributed by atoms with E-state index in [1.165, 1.54) is 19.4 Å². The van der Waals surface area contributed by atoms with E-state index in [1.807, 2.05) is 6.07 Å². The van der Waals surface area contributed by atoms with Gasteiger partial charge >= 0.3 is 0 Å². The Morgan fingerprint density at radius 1 is 1.61 bits per heavy atom. The second-order valence-electron chi connectivity index (χ2n) is 5.09. The highest BCUT2D eigenvalue weighted by Crippen LogP contribution is 2.25. The van der Waals surface area contributed by atoms with Gasteiger partial charge in [0.25, 0.3) is 0 Å². The highest BCUT2D eigenvalue weighted by Gasteiger charge is 2.22. The van der Waals surface area contributed by atoms with Gasteiger partial charge in [-0.25, -0.2) is 4.98 Å². The van der Waals surface area contributed by atoms with Crippen molar-refractivity contribution in [2.45, 2.75) is 25.8 Å². The van der Waals surface area contributed by atoms with E-state index in [1.54, 1.807) is 6.20 Å². The molecule has 0 amide bonds. The van der Waals surface area contributed by atoms with Crippen LogP contribution < -0.4 is 5.32 Å². The van der Waals surface area contributed by atoms with E-state index in [9.17, 15) is 0 Å². The summed E-state index contributed by atoms with van der Waals surface area (Å²) in [6.45, 7) is 4.62. The number of rotatable bonds is 3. The maximum Gasteiger partial charge on any atom is 0.143 e. The number of nitrogens with one attached hydrogen (secondary N) is 1. The van der Waals surface area contributed by atoms with Crippen molar-refractivity contribution in [3.63, 3.8) is 0 Å². The van der Waals surface area contributed by atoms with Crippen molar-refractivity contribution in [1.82, 2.24) is 9.88 Å². The van der Waals surface area contributed by atoms with E-state index in [4.69, 9.17) is 11.6 Å². The number of anilines is 1. The van der Waals surface area contributed by atoms with Gasteiger partial charge in [0, 0.05) is 12.6 Å². The Balaban J connectivity index is 1.97. The molecule has 3 nitrogen and oxygen atoms in total. The summed E-state index contributed by atoms with van der Waals surface area (Å²) in [5, 5.41) is 4.03. The van der Waals surface area contributed by atoms with Crippen molar-refractivity contribution in [3.05, 3.63) is 21.9 Å². The molecule has 2 rings (SSSR count). The molecule has 0 saturated carbocycles. The smallest absolute Gasteiger partial charge is 0.143 e. The van der Waals surface area contributed by atoms with Crippen LogP contribution in [-0.2, 0) is 0 Å². The van der Waals surface area contributed by atoms with Crippen molar-refractivity contribution in [3.8, 4) is 0 Å². The minimum Gasteiger partial charge on any atom is -0.381 e. The third kappa shape index (κ3) is 3.59. The number of hydrogen-bond donors (Lipinski definition) is 1. The van der Waals surface area contributed by atoms with Crippen molar-refractivity contribution >= 4 is 33.2 Å². The van der Waals surface area contributed by atoms with Gasteiger partial charge in [-0.1, -0.05) is 11.6 Å². The normalized spacial score (nSPS) is 22.8. The number of likely N-dealkylation sites (tertiary alicyclic amines) is 1. The van der Waals surface area contributed by atoms with Crippen molar-refractivity contribution in [1.29, 1.82) is 0 Å². The van der Waals surface area contributed by atoms with Gasteiger partial charge in [-0.05, 0) is 61.3 Å². The first-order chi connectivity index (χ1) is 8.56. The quantitative estimate of drug-likeness (QED) is 0.857. The number of aromatic nitrogens is 1. The minimum absolute atomic E-state index is 0.447. The molecular formula is C13H19BrClN3. The van der Waals surface area contributed by atoms with E-state index in [0.717, 1.165) is 16.7 Å². The van der Waals surface area contributed by atoms with E-state index >= 15 is 0 Å². The number of halogens is 2. The minimum atomic E-state index is 0.447. The lowest BCUT2D eigenvalue weighted by atomic mass is 9.92. The van der Waals surface area contributed by atoms with Crippen LogP contribution in [-0.4, -0.2) is 36.1 Å². The number of nitrogens with zero attached hydrogens (tertiary/aromatic N) is 2. The lowest BCUT2D eigenvalue weighted by molar-refractivity contribution is 0.197. The molecular weight excluding hydrogens is 314 g/mol. The van der Waals surface area contributed by atoms with Crippen LogP contribution in [0, 0.1) is 5.92 Å². The summed E-state index contributed by atoms with van der Waals surface area (Å²) in [5.74, 6) is 0.693. The van der Waals surface area contributed by atoms with Crippen molar-refractivity contribution < 1.29 is 0 Å². The van der Waals surface area contributed by atoms with Crippen LogP contribution in [0.5, 0.6) is 0 Å². The molecule has 0 aliphatic carbocycles. The molecule has 0 radical (unpaired) electrons. The van der Waals surface area contributed by atoms with Crippen LogP contribution in [0.15, 0.2) is 16.7 Å². The first-order valence-electron chi connectivity index (χ1n) is 6.32. The molecule has 0 aromatic carbocycles. The second-order valence-corrected chi connectivity index (χ2v) is 6.31. The molecule has 5 heteroatoms. The molecule has 2 atom stereocenters. The highest BCUT2D eigenvalue weighted by atomic mass is 79.9. The third-order valence-corrected chi connectivity index (χ3v) is 4.69. The lowest BCUT2D eigenvalue weighted by Crippen LogP contribution is -2.39. The Bertz CT molecular complexity index is 413. The molecule has 1 aromatic rings. The predicted molar refractivity (Wildman–Crippen MR) is 80.3 cm³/mol. The topological polar surface area (TPSA) is 28.2 Å². The van der Waals surface area contributed by atoms with Crippen LogP contribution in [0.1, 0.15) is 19.8 Å². The Hall–Kier alpha value is -0.320. The average molecular weight is 333 g/mol. The zero-order valence-electron chi connectivity index (χ0n) is 10.8. The summed E-state index contributed by atoms with van der Waals surface area (Å²) >= 11 is 9.29. The molecule has 0 spiro atoms. The van der Waals surface area contributed by atoms with Gasteiger partial charge in [0.1, 0.15) is 5.15 Å². The molecule has 1 aliphatic rings. The zero-order chi connectivity index (χ0) is 13.1. The van der Waals surface area contributed by atoms with Gasteiger partial charge in [0.15, 0.2) is 0 Å². The van der Waals surface area contributed by atoms with Crippen LogP contribution in [0.3, 0.4) is 0 Å². The Morgan fingerprint density at radius 3 is 3.06 bits per heavy atom. The van der Waals surface area contributed by atoms with Gasteiger partial charge in [-0.2, -0.15) is 0 Å². The fourth-order valence-corrected chi connectivity index (χ4v) is 2.95. The third-order valence-electron chi connectivity index (χ3n) is 3.56. The molecule has 1 aliphatic heterocycles. The van der Waals surface area contributed by atoms with Crippen LogP contribution in [0.2, 0.25) is 5.15 Å². The first kappa shape index (κ1) is 14.1. The molecule has 1 aromatic heterocycles. The summed E-state index contributed by atoms with van der Waals surface area (Å²) in [6.07, 6.45) is 4.37. The van der Waals surface area contributed by atoms with E-state index < -0.39 is 0 Å². The molecule has 18 heavy (non-hydrogen) atoms. The average Bonchev–Trinajstić information content (AvgIpc) is 2.34. The molecule has 1 N–H and O–H groups in total. The Kier molecular flexibility index (Phi) is 4.87. The SMILES string of the molecule is CC(Nc1cnc(Cl)c(Br)c1)C1CCCN(C)C1. The standard InChI is InChI=1S/C13H19BrClN3/c1-9(10-4-3-5-18(2)8-10)17-11-6-12(14)13(15)16-7-11/h6-7,9-10,17H,3-5,8H2,1-2H3. The fraction of sp³-hybridized carbons (Fsp3) is 0.615. The van der Waals surface area contributed by atoms with Crippen LogP contribution in [0.25, 0.3) is 0 Å². The Morgan fingerprint density at radius 2 is 2.39 bits per heavy atom. The lowest BCUT2D eigenvalue weighted by Gasteiger charge is -2.34. The summed E-state index contributed by atoms with van der Waals surface area (Å²) in [7, 11) is 2.19. The fourth-order valence-electron chi connectivity index (χ4n) is 2.50. The molecule has 1 saturated heterocycles. The van der Waals surface area contributed by atoms with E-state index in [2.05, 4.69) is 45.1 Å². The molecule has 100 valence electrons. The van der Waals surface area contributed by atoms with Crippen LogP contribution >= 0.6 is 27.5 Å². The molecule has 2 heterocycles. The summed E-state index contributed by atoms with van der Waals surface area (Å²) < 4.78 is 0.835. The summed E-state index contributed by atoms with van der Waals surface area (Å²) in [4.78, 5) is 6.54. The number of hydrogen-bond acceptors (Lipinski definition) is 3. The van der Waals surface area contributed by atoms with Crippen molar-refractivity contribution in [2.75, 3.05) is 25.5 Å². The maximum absolute atomic E-state index is 5.89. The maximum atomic E-state index is 5.89. The van der Waals surface area contributed by atoms with E-state index in [-0.39, 0.29) is 0 Å². The highest BCUT2D eigenvalue weighted by molar-refractivity contribution is 9.10. The zero-order valence-corrected chi connectivity index (χ0v) is 13.1. The second kappa shape index (κ2) is 6.22. The van der Waals surface area contributed by atoms with Gasteiger partial charge in [0.2, 0.25) is 0 Å². The van der Waals surface area contributed by atoms with Gasteiger partial charge in [-0.3, -0.25) is 0 Å². The van der Waals surface area contributed by atoms with E-state index in [0.29, 0.717) is 17.1 Å². The van der Waals surface area contributed by atoms with Gasteiger partial charge in [-0.15, -0.1) is 0 Å². The predicted octanol–water partition coefficient (Wildman–Crippen LogP) is 3.64. The van der Waals surface area contributed by atoms with Crippen LogP contribution in [0.4, 0.5) is 5.69 Å². The monoisotopic (exact) mass is 331 g/mol. The van der Waals surface area contributed by atoms with Gasteiger partial charge in [0.05, 0.1) is 16.4 Å². The Labute approximate surface area is 122 Å². The number of piperidine rings is 1.